The zero-order valence-corrected chi connectivity index (χ0v) is 17.2. The maximum Gasteiger partial charge on any atom is 0.302 e. The van der Waals surface area contributed by atoms with Gasteiger partial charge in [0.1, 0.15) is 5.60 Å². The number of carbonyl (C=O) groups is 1. The predicted molar refractivity (Wildman–Crippen MR) is 99.1 cm³/mol. The summed E-state index contributed by atoms with van der Waals surface area (Å²) < 4.78 is 17.7. The predicted octanol–water partition coefficient (Wildman–Crippen LogP) is 3.22. The summed E-state index contributed by atoms with van der Waals surface area (Å²) in [6.07, 6.45) is 7.21. The van der Waals surface area contributed by atoms with Crippen molar-refractivity contribution < 1.29 is 24.1 Å². The van der Waals surface area contributed by atoms with E-state index in [0.717, 1.165) is 51.6 Å². The van der Waals surface area contributed by atoms with Gasteiger partial charge in [0, 0.05) is 23.2 Å². The fourth-order valence-corrected chi connectivity index (χ4v) is 7.99. The minimum Gasteiger partial charge on any atom is -0.465 e. The van der Waals surface area contributed by atoms with Gasteiger partial charge in [-0.25, -0.2) is 0 Å². The molecule has 3 aliphatic carbocycles. The Hall–Kier alpha value is -0.650. The zero-order valence-electron chi connectivity index (χ0n) is 17.2. The Kier molecular flexibility index (Phi) is 3.60. The molecule has 0 bridgehead atoms. The Labute approximate surface area is 162 Å². The molecular formula is C22H34O5. The van der Waals surface area contributed by atoms with E-state index in [0.29, 0.717) is 12.5 Å². The number of aliphatic hydroxyl groups is 1. The first-order chi connectivity index (χ1) is 12.6. The molecule has 2 aliphatic heterocycles. The van der Waals surface area contributed by atoms with E-state index < -0.39 is 11.2 Å². The van der Waals surface area contributed by atoms with Crippen molar-refractivity contribution >= 4 is 5.97 Å². The highest BCUT2D eigenvalue weighted by Gasteiger charge is 2.83. The van der Waals surface area contributed by atoms with E-state index in [9.17, 15) is 9.90 Å². The van der Waals surface area contributed by atoms with Gasteiger partial charge in [0.05, 0.1) is 31.0 Å². The van der Waals surface area contributed by atoms with E-state index in [4.69, 9.17) is 14.2 Å². The second-order valence-electron chi connectivity index (χ2n) is 11.0. The Bertz CT molecular complexity index is 676. The Morgan fingerprint density at radius 2 is 1.93 bits per heavy atom. The molecule has 152 valence electrons. The fourth-order valence-electron chi connectivity index (χ4n) is 7.99. The Balaban J connectivity index is 1.48. The maximum absolute atomic E-state index is 11.9. The number of carbonyl (C=O) groups excluding carboxylic acids is 1. The topological polar surface area (TPSA) is 71.6 Å². The van der Waals surface area contributed by atoms with Crippen LogP contribution in [0.4, 0.5) is 0 Å². The van der Waals surface area contributed by atoms with E-state index in [-0.39, 0.29) is 34.4 Å². The van der Waals surface area contributed by atoms with Gasteiger partial charge in [-0.15, -0.1) is 0 Å². The maximum atomic E-state index is 11.9. The van der Waals surface area contributed by atoms with Crippen molar-refractivity contribution in [3.63, 3.8) is 0 Å². The highest BCUT2D eigenvalue weighted by molar-refractivity contribution is 5.65. The lowest BCUT2D eigenvalue weighted by molar-refractivity contribution is -0.214. The molecule has 2 saturated heterocycles. The molecule has 0 aromatic carbocycles. The van der Waals surface area contributed by atoms with Crippen molar-refractivity contribution in [2.75, 3.05) is 13.2 Å². The van der Waals surface area contributed by atoms with Crippen LogP contribution < -0.4 is 0 Å². The normalized spacial score (nSPS) is 58.5. The quantitative estimate of drug-likeness (QED) is 0.603. The lowest BCUT2D eigenvalue weighted by atomic mass is 9.41. The number of esters is 1. The molecule has 5 fully saturated rings. The van der Waals surface area contributed by atoms with Gasteiger partial charge in [-0.2, -0.15) is 0 Å². The fraction of sp³-hybridized carbons (Fsp3) is 0.955. The van der Waals surface area contributed by atoms with Gasteiger partial charge < -0.3 is 19.3 Å². The molecule has 0 amide bonds. The van der Waals surface area contributed by atoms with Crippen LogP contribution in [0.5, 0.6) is 0 Å². The number of rotatable bonds is 3. The third-order valence-electron chi connectivity index (χ3n) is 9.23. The van der Waals surface area contributed by atoms with E-state index >= 15 is 0 Å². The van der Waals surface area contributed by atoms with Gasteiger partial charge in [-0.1, -0.05) is 27.2 Å². The number of epoxide rings is 2. The van der Waals surface area contributed by atoms with Crippen LogP contribution in [0.2, 0.25) is 0 Å². The summed E-state index contributed by atoms with van der Waals surface area (Å²) in [6, 6.07) is 0. The van der Waals surface area contributed by atoms with Gasteiger partial charge >= 0.3 is 5.97 Å². The van der Waals surface area contributed by atoms with Crippen LogP contribution in [-0.4, -0.2) is 47.7 Å². The molecule has 1 N–H and O–H groups in total. The van der Waals surface area contributed by atoms with Crippen molar-refractivity contribution in [2.45, 2.75) is 96.1 Å². The average Bonchev–Trinajstić information content (AvgIpc) is 3.44. The van der Waals surface area contributed by atoms with Gasteiger partial charge in [0.2, 0.25) is 0 Å². The first-order valence-corrected chi connectivity index (χ1v) is 10.7. The number of ether oxygens (including phenoxy) is 3. The largest absolute Gasteiger partial charge is 0.465 e. The number of fused-ring (bicyclic) bond motifs is 1. The van der Waals surface area contributed by atoms with Crippen LogP contribution in [-0.2, 0) is 19.0 Å². The molecule has 5 heteroatoms. The molecular weight excluding hydrogens is 344 g/mol. The van der Waals surface area contributed by atoms with Crippen molar-refractivity contribution in [1.29, 1.82) is 0 Å². The molecule has 5 aliphatic rings. The van der Waals surface area contributed by atoms with Crippen LogP contribution in [0.1, 0.15) is 72.6 Å². The van der Waals surface area contributed by atoms with Gasteiger partial charge in [-0.3, -0.25) is 4.79 Å². The molecule has 0 aromatic heterocycles. The molecule has 0 radical (unpaired) electrons. The van der Waals surface area contributed by atoms with Crippen molar-refractivity contribution in [3.05, 3.63) is 0 Å². The summed E-state index contributed by atoms with van der Waals surface area (Å²) in [7, 11) is 0. The summed E-state index contributed by atoms with van der Waals surface area (Å²) >= 11 is 0. The lowest BCUT2D eigenvalue weighted by Crippen LogP contribution is -2.69. The van der Waals surface area contributed by atoms with E-state index in [1.165, 1.54) is 6.92 Å². The van der Waals surface area contributed by atoms with Crippen LogP contribution in [0.3, 0.4) is 0 Å². The van der Waals surface area contributed by atoms with Gasteiger partial charge in [-0.05, 0) is 44.4 Å². The molecule has 0 aromatic rings. The summed E-state index contributed by atoms with van der Waals surface area (Å²) in [4.78, 5) is 11.5. The zero-order chi connectivity index (χ0) is 19.3. The highest BCUT2D eigenvalue weighted by Crippen LogP contribution is 2.76. The molecule has 2 heterocycles. The summed E-state index contributed by atoms with van der Waals surface area (Å²) in [5.41, 5.74) is -1.26. The average molecular weight is 379 g/mol. The standard InChI is InChI=1S/C22H34O5/c1-14(23)26-13-18(2)7-5-8-20(4)15(18)6-9-21(24)12-19(3,17-11-25-17)10-16-22(20,21)27-16/h15-17,24H,5-13H2,1-4H3/t15-,16-,17?,18+,19-,20-,21+,22+/m1/s1. The number of hydrogen-bond acceptors (Lipinski definition) is 5. The Morgan fingerprint density at radius 1 is 1.19 bits per heavy atom. The smallest absolute Gasteiger partial charge is 0.302 e. The van der Waals surface area contributed by atoms with Crippen molar-refractivity contribution in [2.24, 2.45) is 22.2 Å². The number of hydrogen-bond donors (Lipinski definition) is 1. The minimum absolute atomic E-state index is 0.0261. The first kappa shape index (κ1) is 18.4. The second-order valence-corrected chi connectivity index (χ2v) is 11.0. The lowest BCUT2D eigenvalue weighted by Gasteiger charge is -2.63. The highest BCUT2D eigenvalue weighted by atomic mass is 16.6. The Morgan fingerprint density at radius 3 is 2.59 bits per heavy atom. The van der Waals surface area contributed by atoms with Crippen LogP contribution in [0, 0.1) is 22.2 Å². The minimum atomic E-state index is -0.762. The first-order valence-electron chi connectivity index (χ1n) is 10.7. The summed E-state index contributed by atoms with van der Waals surface area (Å²) in [5.74, 6) is 0.206. The molecule has 3 saturated carbocycles. The molecule has 1 unspecified atom stereocenters. The molecule has 27 heavy (non-hydrogen) atoms. The van der Waals surface area contributed by atoms with Gasteiger partial charge in [0.25, 0.3) is 0 Å². The third kappa shape index (κ3) is 2.25. The molecule has 8 atom stereocenters. The monoisotopic (exact) mass is 378 g/mol. The van der Waals surface area contributed by atoms with Gasteiger partial charge in [0.15, 0.2) is 0 Å². The molecule has 5 rings (SSSR count). The van der Waals surface area contributed by atoms with E-state index in [1.807, 2.05) is 0 Å². The second kappa shape index (κ2) is 5.28. The third-order valence-corrected chi connectivity index (χ3v) is 9.23. The molecule has 1 spiro atoms. The van der Waals surface area contributed by atoms with Crippen molar-refractivity contribution in [1.82, 2.24) is 0 Å². The van der Waals surface area contributed by atoms with Crippen molar-refractivity contribution in [3.8, 4) is 0 Å². The van der Waals surface area contributed by atoms with Crippen LogP contribution in [0.25, 0.3) is 0 Å². The van der Waals surface area contributed by atoms with E-state index in [1.54, 1.807) is 0 Å². The van der Waals surface area contributed by atoms with E-state index in [2.05, 4.69) is 20.8 Å². The molecule has 5 nitrogen and oxygen atoms in total. The van der Waals surface area contributed by atoms with Crippen LogP contribution >= 0.6 is 0 Å². The summed E-state index contributed by atoms with van der Waals surface area (Å²) in [6.45, 7) is 9.70. The SMILES string of the molecule is CC(=O)OC[C@]1(C)CCC[C@]2(C)[C@@H]1CC[C@]1(O)C[C@](C)(C3CO3)C[C@H]3O[C@]312. The van der Waals surface area contributed by atoms with Crippen LogP contribution in [0.15, 0.2) is 0 Å². The summed E-state index contributed by atoms with van der Waals surface area (Å²) in [5, 5.41) is 11.9.